The first-order valence-electron chi connectivity index (χ1n) is 22.4. The van der Waals surface area contributed by atoms with Crippen LogP contribution in [-0.4, -0.2) is 27.2 Å². The molecule has 0 fully saturated rings. The smallest absolute Gasteiger partial charge is 0.336 e. The van der Waals surface area contributed by atoms with E-state index in [4.69, 9.17) is 0 Å². The van der Waals surface area contributed by atoms with Gasteiger partial charge in [-0.2, -0.15) is 0 Å². The fraction of sp³-hybridized carbons (Fsp3) is 0.316. The molecular formula is C57H62O2Si2. The number of aromatic carboxylic acids is 1. The first-order chi connectivity index (χ1) is 29.0. The van der Waals surface area contributed by atoms with Crippen molar-refractivity contribution >= 4 is 65.2 Å². The van der Waals surface area contributed by atoms with Crippen LogP contribution < -0.4 is 0 Å². The third-order valence-electron chi connectivity index (χ3n) is 14.1. The van der Waals surface area contributed by atoms with Gasteiger partial charge in [-0.15, -0.1) is 11.1 Å². The van der Waals surface area contributed by atoms with Gasteiger partial charge in [-0.1, -0.05) is 168 Å². The molecule has 4 heteroatoms. The van der Waals surface area contributed by atoms with E-state index in [1.165, 1.54) is 16.5 Å². The Kier molecular flexibility index (Phi) is 12.3. The van der Waals surface area contributed by atoms with Crippen LogP contribution in [0.1, 0.15) is 105 Å². The molecule has 2 nitrogen and oxygen atoms in total. The second-order valence-electron chi connectivity index (χ2n) is 19.2. The van der Waals surface area contributed by atoms with Crippen molar-refractivity contribution in [3.8, 4) is 45.2 Å². The Morgan fingerprint density at radius 3 is 1.21 bits per heavy atom. The topological polar surface area (TPSA) is 37.3 Å². The summed E-state index contributed by atoms with van der Waals surface area (Å²) in [5.74, 6) is 7.03. The number of fused-ring (bicyclic) bond motifs is 4. The van der Waals surface area contributed by atoms with E-state index >= 15 is 0 Å². The molecule has 0 heterocycles. The third kappa shape index (κ3) is 7.75. The van der Waals surface area contributed by atoms with Crippen LogP contribution in [-0.2, 0) is 0 Å². The predicted octanol–water partition coefficient (Wildman–Crippen LogP) is 16.5. The fourth-order valence-corrected chi connectivity index (χ4v) is 21.5. The van der Waals surface area contributed by atoms with Crippen LogP contribution in [0.2, 0.25) is 33.2 Å². The molecule has 0 radical (unpaired) electrons. The summed E-state index contributed by atoms with van der Waals surface area (Å²) >= 11 is 0. The molecule has 310 valence electrons. The predicted molar refractivity (Wildman–Crippen MR) is 270 cm³/mol. The number of benzene rings is 7. The highest BCUT2D eigenvalue weighted by molar-refractivity contribution is 6.91. The van der Waals surface area contributed by atoms with E-state index in [9.17, 15) is 9.90 Å². The Labute approximate surface area is 366 Å². The van der Waals surface area contributed by atoms with Gasteiger partial charge in [-0.05, 0) is 141 Å². The van der Waals surface area contributed by atoms with Gasteiger partial charge in [0.25, 0.3) is 0 Å². The summed E-state index contributed by atoms with van der Waals surface area (Å²) in [7, 11) is -4.32. The van der Waals surface area contributed by atoms with Crippen LogP contribution in [0.5, 0.6) is 0 Å². The Bertz CT molecular complexity index is 2870. The van der Waals surface area contributed by atoms with Crippen molar-refractivity contribution in [1.82, 2.24) is 0 Å². The molecule has 7 aromatic rings. The van der Waals surface area contributed by atoms with Gasteiger partial charge in [-0.3, -0.25) is 0 Å². The lowest BCUT2D eigenvalue weighted by atomic mass is 9.87. The maximum absolute atomic E-state index is 13.0. The molecule has 0 amide bonds. The monoisotopic (exact) mass is 834 g/mol. The highest BCUT2D eigenvalue weighted by Crippen LogP contribution is 2.44. The van der Waals surface area contributed by atoms with Crippen molar-refractivity contribution in [3.63, 3.8) is 0 Å². The van der Waals surface area contributed by atoms with Gasteiger partial charge in [0.05, 0.1) is 5.56 Å². The zero-order chi connectivity index (χ0) is 44.0. The second kappa shape index (κ2) is 17.2. The normalized spacial score (nSPS) is 12.4. The molecule has 0 saturated heterocycles. The lowest BCUT2D eigenvalue weighted by molar-refractivity contribution is 0.0698. The molecule has 0 aliphatic carbocycles. The van der Waals surface area contributed by atoms with Gasteiger partial charge in [-0.25, -0.2) is 4.79 Å². The fourth-order valence-electron chi connectivity index (χ4n) is 11.1. The highest BCUT2D eigenvalue weighted by Gasteiger charge is 2.43. The second-order valence-corrected chi connectivity index (χ2v) is 30.3. The first kappa shape index (κ1) is 43.7. The number of carbonyl (C=O) groups is 1. The van der Waals surface area contributed by atoms with Crippen molar-refractivity contribution in [1.29, 1.82) is 0 Å². The maximum Gasteiger partial charge on any atom is 0.336 e. The summed E-state index contributed by atoms with van der Waals surface area (Å²) in [6, 6.07) is 40.4. The van der Waals surface area contributed by atoms with Gasteiger partial charge in [0.2, 0.25) is 0 Å². The zero-order valence-corrected chi connectivity index (χ0v) is 40.3. The molecule has 0 aromatic heterocycles. The highest BCUT2D eigenvalue weighted by atomic mass is 28.3. The van der Waals surface area contributed by atoms with Gasteiger partial charge in [0.1, 0.15) is 16.1 Å². The standard InChI is InChI=1S/C57H62O2Si2/c1-36(2)60(37(3)4,38(5)6)27-25-49-52-30-45-24-23-44(42-19-15-13-16-20-42)29-46(45)32-53(52)50(26-28-61(39(7)8,40(9)10)41(11)12)55-34-48-35-56(57(58)59)51(31-47(48)33-54(49)55)43-21-17-14-18-22-43/h13-24,29-41H,1-12H3,(H,58,59). The Hall–Kier alpha value is -5.40. The lowest BCUT2D eigenvalue weighted by Crippen LogP contribution is -2.43. The molecule has 0 atom stereocenters. The van der Waals surface area contributed by atoms with Crippen LogP contribution in [0.15, 0.2) is 115 Å². The molecule has 7 rings (SSSR count). The Balaban J connectivity index is 1.71. The molecule has 0 saturated carbocycles. The van der Waals surface area contributed by atoms with E-state index < -0.39 is 22.1 Å². The molecule has 1 N–H and O–H groups in total. The number of hydrogen-bond donors (Lipinski definition) is 1. The largest absolute Gasteiger partial charge is 0.478 e. The summed E-state index contributed by atoms with van der Waals surface area (Å²) in [5.41, 5.74) is 17.3. The minimum atomic E-state index is -2.17. The quantitative estimate of drug-likeness (QED) is 0.0894. The molecule has 7 aromatic carbocycles. The zero-order valence-electron chi connectivity index (χ0n) is 38.3. The van der Waals surface area contributed by atoms with E-state index in [0.29, 0.717) is 44.4 Å². The van der Waals surface area contributed by atoms with Crippen molar-refractivity contribution in [3.05, 3.63) is 132 Å². The van der Waals surface area contributed by atoms with Gasteiger partial charge in [0, 0.05) is 11.1 Å². The SMILES string of the molecule is CC(C)[Si](C#Cc1c2cc3cc(-c4ccccc4)ccc3cc2c(C#C[Si](C(C)C)(C(C)C)C(C)C)c2cc3cc(-c4ccccc4)c(C(=O)O)cc3cc12)(C(C)C)C(C)C. The minimum absolute atomic E-state index is 0.290. The van der Waals surface area contributed by atoms with Gasteiger partial charge >= 0.3 is 5.97 Å². The van der Waals surface area contributed by atoms with E-state index in [-0.39, 0.29) is 0 Å². The summed E-state index contributed by atoms with van der Waals surface area (Å²) in [5, 5.41) is 19.2. The third-order valence-corrected chi connectivity index (χ3v) is 26.7. The Morgan fingerprint density at radius 2 is 0.803 bits per heavy atom. The van der Waals surface area contributed by atoms with Crippen LogP contribution in [0.25, 0.3) is 65.3 Å². The van der Waals surface area contributed by atoms with Crippen LogP contribution in [0.3, 0.4) is 0 Å². The summed E-state index contributed by atoms with van der Waals surface area (Å²) < 4.78 is 0. The van der Waals surface area contributed by atoms with E-state index in [1.54, 1.807) is 0 Å². The van der Waals surface area contributed by atoms with Crippen LogP contribution >= 0.6 is 0 Å². The van der Waals surface area contributed by atoms with E-state index in [2.05, 4.69) is 185 Å². The number of carboxylic acid groups (broad SMARTS) is 1. The first-order valence-corrected chi connectivity index (χ1v) is 26.8. The average Bonchev–Trinajstić information content (AvgIpc) is 3.22. The number of rotatable bonds is 9. The summed E-state index contributed by atoms with van der Waals surface area (Å²) in [6.45, 7) is 28.5. The molecular weight excluding hydrogens is 773 g/mol. The molecule has 0 spiro atoms. The number of carboxylic acids is 1. The van der Waals surface area contributed by atoms with Crippen molar-refractivity contribution < 1.29 is 9.90 Å². The van der Waals surface area contributed by atoms with Crippen molar-refractivity contribution in [2.45, 2.75) is 116 Å². The molecule has 0 bridgehead atoms. The number of hydrogen-bond acceptors (Lipinski definition) is 1. The van der Waals surface area contributed by atoms with Crippen molar-refractivity contribution in [2.24, 2.45) is 0 Å². The van der Waals surface area contributed by atoms with Crippen LogP contribution in [0.4, 0.5) is 0 Å². The molecule has 0 aliphatic rings. The lowest BCUT2D eigenvalue weighted by Gasteiger charge is -2.38. The Morgan fingerprint density at radius 1 is 0.426 bits per heavy atom. The minimum Gasteiger partial charge on any atom is -0.478 e. The van der Waals surface area contributed by atoms with Crippen LogP contribution in [0, 0.1) is 22.9 Å². The van der Waals surface area contributed by atoms with Crippen molar-refractivity contribution in [2.75, 3.05) is 0 Å². The molecule has 61 heavy (non-hydrogen) atoms. The maximum atomic E-state index is 13.0. The van der Waals surface area contributed by atoms with Gasteiger partial charge in [0.15, 0.2) is 0 Å². The summed E-state index contributed by atoms with van der Waals surface area (Å²) in [6.07, 6.45) is 0. The summed E-state index contributed by atoms with van der Waals surface area (Å²) in [4.78, 5) is 13.0. The average molecular weight is 835 g/mol. The van der Waals surface area contributed by atoms with Gasteiger partial charge < -0.3 is 5.11 Å². The van der Waals surface area contributed by atoms with E-state index in [1.807, 2.05) is 36.4 Å². The van der Waals surface area contributed by atoms with E-state index in [0.717, 1.165) is 54.4 Å². The molecule has 0 aliphatic heterocycles. The molecule has 0 unspecified atom stereocenters.